The predicted molar refractivity (Wildman–Crippen MR) is 65.8 cm³/mol. The van der Waals surface area contributed by atoms with Crippen LogP contribution < -0.4 is 10.1 Å². The standard InChI is InChI=1S/C13H19NO2/c1-4-5-10(2)14-9-11-6-7-12(15)13(8-11)16-3/h4,6-8,10,14-15H,1,5,9H2,2-3H3. The Bertz CT molecular complexity index is 350. The average Bonchev–Trinajstić information content (AvgIpc) is 2.28. The summed E-state index contributed by atoms with van der Waals surface area (Å²) in [5.74, 6) is 0.682. The van der Waals surface area contributed by atoms with E-state index in [-0.39, 0.29) is 5.75 Å². The highest BCUT2D eigenvalue weighted by Gasteiger charge is 2.03. The first-order chi connectivity index (χ1) is 7.67. The Hall–Kier alpha value is -1.48. The molecule has 1 aromatic rings. The molecule has 0 aromatic heterocycles. The van der Waals surface area contributed by atoms with Crippen molar-refractivity contribution in [3.05, 3.63) is 36.4 Å². The van der Waals surface area contributed by atoms with Crippen molar-refractivity contribution in [3.63, 3.8) is 0 Å². The minimum absolute atomic E-state index is 0.172. The lowest BCUT2D eigenvalue weighted by Gasteiger charge is -2.12. The molecule has 3 heteroatoms. The summed E-state index contributed by atoms with van der Waals surface area (Å²) in [5.41, 5.74) is 1.09. The van der Waals surface area contributed by atoms with Crippen LogP contribution in [0.1, 0.15) is 18.9 Å². The van der Waals surface area contributed by atoms with E-state index in [1.54, 1.807) is 13.2 Å². The third-order valence-electron chi connectivity index (χ3n) is 2.42. The van der Waals surface area contributed by atoms with E-state index in [1.807, 2.05) is 18.2 Å². The van der Waals surface area contributed by atoms with Crippen LogP contribution in [0, 0.1) is 0 Å². The number of nitrogens with one attached hydrogen (secondary N) is 1. The van der Waals surface area contributed by atoms with Gasteiger partial charge in [-0.3, -0.25) is 0 Å². The molecule has 0 saturated heterocycles. The van der Waals surface area contributed by atoms with Gasteiger partial charge < -0.3 is 15.2 Å². The molecule has 0 saturated carbocycles. The second kappa shape index (κ2) is 6.18. The Kier molecular flexibility index (Phi) is 4.86. The zero-order chi connectivity index (χ0) is 12.0. The number of methoxy groups -OCH3 is 1. The van der Waals surface area contributed by atoms with E-state index < -0.39 is 0 Å². The van der Waals surface area contributed by atoms with Crippen molar-refractivity contribution in [1.29, 1.82) is 0 Å². The van der Waals surface area contributed by atoms with Gasteiger partial charge in [0.15, 0.2) is 11.5 Å². The molecular formula is C13H19NO2. The predicted octanol–water partition coefficient (Wildman–Crippen LogP) is 2.46. The Morgan fingerprint density at radius 2 is 2.31 bits per heavy atom. The Morgan fingerprint density at radius 1 is 1.56 bits per heavy atom. The fourth-order valence-corrected chi connectivity index (χ4v) is 1.46. The van der Waals surface area contributed by atoms with Gasteiger partial charge in [-0.1, -0.05) is 12.1 Å². The lowest BCUT2D eigenvalue weighted by Crippen LogP contribution is -2.24. The van der Waals surface area contributed by atoms with Crippen molar-refractivity contribution in [2.45, 2.75) is 25.9 Å². The maximum absolute atomic E-state index is 9.44. The summed E-state index contributed by atoms with van der Waals surface area (Å²) >= 11 is 0. The van der Waals surface area contributed by atoms with Gasteiger partial charge in [0, 0.05) is 12.6 Å². The maximum atomic E-state index is 9.44. The molecule has 0 radical (unpaired) electrons. The fraction of sp³-hybridized carbons (Fsp3) is 0.385. The minimum Gasteiger partial charge on any atom is -0.504 e. The molecule has 88 valence electrons. The number of benzene rings is 1. The lowest BCUT2D eigenvalue weighted by atomic mass is 10.1. The quantitative estimate of drug-likeness (QED) is 0.725. The molecule has 1 aromatic carbocycles. The summed E-state index contributed by atoms with van der Waals surface area (Å²) < 4.78 is 5.05. The van der Waals surface area contributed by atoms with Crippen LogP contribution in [0.4, 0.5) is 0 Å². The van der Waals surface area contributed by atoms with Crippen LogP contribution in [0.15, 0.2) is 30.9 Å². The third kappa shape index (κ3) is 3.59. The number of hydrogen-bond acceptors (Lipinski definition) is 3. The van der Waals surface area contributed by atoms with Gasteiger partial charge in [0.1, 0.15) is 0 Å². The minimum atomic E-state index is 0.172. The topological polar surface area (TPSA) is 41.5 Å². The van der Waals surface area contributed by atoms with Crippen LogP contribution in [0.25, 0.3) is 0 Å². The van der Waals surface area contributed by atoms with Gasteiger partial charge in [0.2, 0.25) is 0 Å². The van der Waals surface area contributed by atoms with E-state index in [1.165, 1.54) is 0 Å². The fourth-order valence-electron chi connectivity index (χ4n) is 1.46. The van der Waals surface area contributed by atoms with Gasteiger partial charge >= 0.3 is 0 Å². The lowest BCUT2D eigenvalue weighted by molar-refractivity contribution is 0.372. The maximum Gasteiger partial charge on any atom is 0.160 e. The average molecular weight is 221 g/mol. The van der Waals surface area contributed by atoms with E-state index >= 15 is 0 Å². The van der Waals surface area contributed by atoms with Gasteiger partial charge in [0.05, 0.1) is 7.11 Å². The number of aromatic hydroxyl groups is 1. The molecule has 1 unspecified atom stereocenters. The Balaban J connectivity index is 2.57. The molecule has 3 nitrogen and oxygen atoms in total. The molecule has 0 amide bonds. The molecule has 0 heterocycles. The summed E-state index contributed by atoms with van der Waals surface area (Å²) in [5, 5.41) is 12.8. The zero-order valence-electron chi connectivity index (χ0n) is 9.86. The van der Waals surface area contributed by atoms with Gasteiger partial charge in [0.25, 0.3) is 0 Å². The molecule has 0 fully saturated rings. The molecule has 2 N–H and O–H groups in total. The first-order valence-corrected chi connectivity index (χ1v) is 5.37. The second-order valence-corrected chi connectivity index (χ2v) is 3.81. The molecule has 0 aliphatic rings. The van der Waals surface area contributed by atoms with E-state index in [0.29, 0.717) is 11.8 Å². The van der Waals surface area contributed by atoms with Gasteiger partial charge in [-0.05, 0) is 31.0 Å². The number of phenolic OH excluding ortho intramolecular Hbond substituents is 1. The van der Waals surface area contributed by atoms with Crippen molar-refractivity contribution in [2.24, 2.45) is 0 Å². The van der Waals surface area contributed by atoms with Crippen molar-refractivity contribution in [1.82, 2.24) is 5.32 Å². The molecule has 0 spiro atoms. The molecule has 0 aliphatic carbocycles. The molecule has 0 aliphatic heterocycles. The Morgan fingerprint density at radius 3 is 2.94 bits per heavy atom. The molecule has 1 rings (SSSR count). The normalized spacial score (nSPS) is 12.1. The van der Waals surface area contributed by atoms with Crippen LogP contribution >= 0.6 is 0 Å². The van der Waals surface area contributed by atoms with E-state index in [2.05, 4.69) is 18.8 Å². The van der Waals surface area contributed by atoms with Crippen LogP contribution in [0.5, 0.6) is 11.5 Å². The SMILES string of the molecule is C=CCC(C)NCc1ccc(O)c(OC)c1. The smallest absolute Gasteiger partial charge is 0.160 e. The number of phenols is 1. The van der Waals surface area contributed by atoms with E-state index in [4.69, 9.17) is 4.74 Å². The highest BCUT2D eigenvalue weighted by molar-refractivity contribution is 5.41. The zero-order valence-corrected chi connectivity index (χ0v) is 9.86. The van der Waals surface area contributed by atoms with Crippen LogP contribution in [0.3, 0.4) is 0 Å². The highest BCUT2D eigenvalue weighted by atomic mass is 16.5. The number of hydrogen-bond donors (Lipinski definition) is 2. The van der Waals surface area contributed by atoms with E-state index in [0.717, 1.165) is 18.5 Å². The first kappa shape index (κ1) is 12.6. The summed E-state index contributed by atoms with van der Waals surface area (Å²) in [6.07, 6.45) is 2.84. The highest BCUT2D eigenvalue weighted by Crippen LogP contribution is 2.26. The van der Waals surface area contributed by atoms with Crippen molar-refractivity contribution < 1.29 is 9.84 Å². The van der Waals surface area contributed by atoms with Gasteiger partial charge in [-0.2, -0.15) is 0 Å². The number of rotatable bonds is 6. The molecular weight excluding hydrogens is 202 g/mol. The second-order valence-electron chi connectivity index (χ2n) is 3.81. The molecule has 1 atom stereocenters. The van der Waals surface area contributed by atoms with Crippen molar-refractivity contribution >= 4 is 0 Å². The Labute approximate surface area is 96.8 Å². The third-order valence-corrected chi connectivity index (χ3v) is 2.42. The van der Waals surface area contributed by atoms with E-state index in [9.17, 15) is 5.11 Å². The largest absolute Gasteiger partial charge is 0.504 e. The molecule has 16 heavy (non-hydrogen) atoms. The summed E-state index contributed by atoms with van der Waals surface area (Å²) in [6, 6.07) is 5.76. The summed E-state index contributed by atoms with van der Waals surface area (Å²) in [6.45, 7) is 6.57. The van der Waals surface area contributed by atoms with Crippen LogP contribution in [-0.4, -0.2) is 18.3 Å². The summed E-state index contributed by atoms with van der Waals surface area (Å²) in [4.78, 5) is 0. The monoisotopic (exact) mass is 221 g/mol. The summed E-state index contributed by atoms with van der Waals surface area (Å²) in [7, 11) is 1.55. The van der Waals surface area contributed by atoms with Gasteiger partial charge in [-0.15, -0.1) is 6.58 Å². The van der Waals surface area contributed by atoms with Crippen molar-refractivity contribution in [2.75, 3.05) is 7.11 Å². The van der Waals surface area contributed by atoms with Crippen LogP contribution in [0.2, 0.25) is 0 Å². The van der Waals surface area contributed by atoms with Crippen molar-refractivity contribution in [3.8, 4) is 11.5 Å². The van der Waals surface area contributed by atoms with Gasteiger partial charge in [-0.25, -0.2) is 0 Å². The number of ether oxygens (including phenoxy) is 1. The first-order valence-electron chi connectivity index (χ1n) is 5.37. The van der Waals surface area contributed by atoms with Crippen LogP contribution in [-0.2, 0) is 6.54 Å². The molecule has 0 bridgehead atoms.